The van der Waals surface area contributed by atoms with Crippen LogP contribution in [0.3, 0.4) is 0 Å². The lowest BCUT2D eigenvalue weighted by Crippen LogP contribution is -2.27. The molecule has 24 heavy (non-hydrogen) atoms. The number of carbonyl (C=O) groups excluding carboxylic acids is 1. The molecule has 0 saturated heterocycles. The van der Waals surface area contributed by atoms with Crippen molar-refractivity contribution in [2.24, 2.45) is 0 Å². The Kier molecular flexibility index (Phi) is 6.26. The second-order valence-electron chi connectivity index (χ2n) is 5.41. The first-order valence-corrected chi connectivity index (χ1v) is 8.06. The maximum absolute atomic E-state index is 12.3. The molecule has 0 aliphatic rings. The van der Waals surface area contributed by atoms with Crippen LogP contribution in [0.1, 0.15) is 42.6 Å². The Labute approximate surface area is 142 Å². The number of nitrogens with one attached hydrogen (secondary N) is 1. The smallest absolute Gasteiger partial charge is 0.258 e. The van der Waals surface area contributed by atoms with Crippen molar-refractivity contribution < 1.29 is 4.79 Å². The first-order valence-electron chi connectivity index (χ1n) is 8.06. The summed E-state index contributed by atoms with van der Waals surface area (Å²) in [7, 11) is 0. The van der Waals surface area contributed by atoms with E-state index in [1.54, 1.807) is 24.3 Å². The normalized spacial score (nSPS) is 10.0. The Bertz CT molecular complexity index is 715. The molecule has 6 nitrogen and oxygen atoms in total. The lowest BCUT2D eigenvalue weighted by atomic mass is 10.2. The third-order valence-corrected chi connectivity index (χ3v) is 3.42. The molecule has 2 aromatic rings. The van der Waals surface area contributed by atoms with Gasteiger partial charge in [-0.05, 0) is 31.0 Å². The summed E-state index contributed by atoms with van der Waals surface area (Å²) < 4.78 is 0. The summed E-state index contributed by atoms with van der Waals surface area (Å²) >= 11 is 0. The molecule has 0 radical (unpaired) electrons. The highest BCUT2D eigenvalue weighted by molar-refractivity contribution is 6.03. The minimum atomic E-state index is -0.297. The highest BCUT2D eigenvalue weighted by Crippen LogP contribution is 2.13. The van der Waals surface area contributed by atoms with Crippen LogP contribution in [-0.2, 0) is 0 Å². The van der Waals surface area contributed by atoms with E-state index in [0.717, 1.165) is 25.9 Å². The summed E-state index contributed by atoms with van der Waals surface area (Å²) in [6.45, 7) is 6.00. The predicted octanol–water partition coefficient (Wildman–Crippen LogP) is 3.23. The van der Waals surface area contributed by atoms with Gasteiger partial charge in [-0.2, -0.15) is 5.26 Å². The maximum Gasteiger partial charge on any atom is 0.258 e. The highest BCUT2D eigenvalue weighted by Gasteiger charge is 2.11. The number of benzene rings is 1. The van der Waals surface area contributed by atoms with Crippen molar-refractivity contribution in [2.45, 2.75) is 26.7 Å². The van der Waals surface area contributed by atoms with Crippen molar-refractivity contribution in [2.75, 3.05) is 23.3 Å². The number of amides is 1. The topological polar surface area (TPSA) is 81.9 Å². The number of nitriles is 1. The molecule has 124 valence electrons. The van der Waals surface area contributed by atoms with Gasteiger partial charge in [-0.3, -0.25) is 4.79 Å². The largest absolute Gasteiger partial charge is 0.341 e. The molecule has 1 heterocycles. The lowest BCUT2D eigenvalue weighted by molar-refractivity contribution is 0.102. The molecular formula is C18H21N5O. The van der Waals surface area contributed by atoms with Gasteiger partial charge in [0.15, 0.2) is 0 Å². The predicted molar refractivity (Wildman–Crippen MR) is 93.9 cm³/mol. The Morgan fingerprint density at radius 2 is 1.88 bits per heavy atom. The fraction of sp³-hybridized carbons (Fsp3) is 0.333. The van der Waals surface area contributed by atoms with Gasteiger partial charge in [0.05, 0.1) is 17.2 Å². The van der Waals surface area contributed by atoms with E-state index in [0.29, 0.717) is 22.8 Å². The van der Waals surface area contributed by atoms with Crippen molar-refractivity contribution in [1.82, 2.24) is 9.97 Å². The Morgan fingerprint density at radius 1 is 1.21 bits per heavy atom. The zero-order chi connectivity index (χ0) is 17.4. The molecule has 6 heteroatoms. The van der Waals surface area contributed by atoms with E-state index in [4.69, 9.17) is 5.26 Å². The SMILES string of the molecule is CCCN(CCC)c1ncc(C(=O)Nc2cccc(C#N)c2)cn1. The van der Waals surface area contributed by atoms with Crippen molar-refractivity contribution in [3.63, 3.8) is 0 Å². The van der Waals surface area contributed by atoms with Crippen LogP contribution in [0.2, 0.25) is 0 Å². The Morgan fingerprint density at radius 3 is 2.46 bits per heavy atom. The van der Waals surface area contributed by atoms with E-state index in [1.165, 1.54) is 12.4 Å². The number of anilines is 2. The zero-order valence-electron chi connectivity index (χ0n) is 14.0. The number of nitrogens with zero attached hydrogens (tertiary/aromatic N) is 4. The van der Waals surface area contributed by atoms with Crippen molar-refractivity contribution >= 4 is 17.5 Å². The van der Waals surface area contributed by atoms with Crippen LogP contribution in [-0.4, -0.2) is 29.0 Å². The summed E-state index contributed by atoms with van der Waals surface area (Å²) in [4.78, 5) is 23.0. The molecular weight excluding hydrogens is 302 g/mol. The number of aromatic nitrogens is 2. The zero-order valence-corrected chi connectivity index (χ0v) is 14.0. The van der Waals surface area contributed by atoms with E-state index in [1.807, 2.05) is 6.07 Å². The van der Waals surface area contributed by atoms with Crippen molar-refractivity contribution in [1.29, 1.82) is 5.26 Å². The monoisotopic (exact) mass is 323 g/mol. The van der Waals surface area contributed by atoms with Gasteiger partial charge in [0, 0.05) is 31.2 Å². The van der Waals surface area contributed by atoms with Crippen LogP contribution >= 0.6 is 0 Å². The maximum atomic E-state index is 12.3. The summed E-state index contributed by atoms with van der Waals surface area (Å²) in [5, 5.41) is 11.6. The summed E-state index contributed by atoms with van der Waals surface area (Å²) in [6.07, 6.45) is 5.09. The van der Waals surface area contributed by atoms with E-state index in [-0.39, 0.29) is 5.91 Å². The van der Waals surface area contributed by atoms with Gasteiger partial charge < -0.3 is 10.2 Å². The van der Waals surface area contributed by atoms with Gasteiger partial charge in [0.1, 0.15) is 0 Å². The standard InChI is InChI=1S/C18H21N5O/c1-3-8-23(9-4-2)18-20-12-15(13-21-18)17(24)22-16-7-5-6-14(10-16)11-19/h5-7,10,12-13H,3-4,8-9H2,1-2H3,(H,22,24). The van der Waals surface area contributed by atoms with Crippen LogP contribution in [0.25, 0.3) is 0 Å². The first-order chi connectivity index (χ1) is 11.7. The lowest BCUT2D eigenvalue weighted by Gasteiger charge is -2.21. The van der Waals surface area contributed by atoms with Crippen molar-refractivity contribution in [3.8, 4) is 6.07 Å². The first kappa shape index (κ1) is 17.4. The fourth-order valence-corrected chi connectivity index (χ4v) is 2.32. The number of hydrogen-bond acceptors (Lipinski definition) is 5. The van der Waals surface area contributed by atoms with Gasteiger partial charge in [-0.15, -0.1) is 0 Å². The molecule has 0 bridgehead atoms. The van der Waals surface area contributed by atoms with Gasteiger partial charge in [0.2, 0.25) is 5.95 Å². The Balaban J connectivity index is 2.09. The summed E-state index contributed by atoms with van der Waals surface area (Å²) in [5.41, 5.74) is 1.45. The minimum absolute atomic E-state index is 0.297. The van der Waals surface area contributed by atoms with Gasteiger partial charge in [-0.25, -0.2) is 9.97 Å². The molecule has 2 rings (SSSR count). The molecule has 1 N–H and O–H groups in total. The molecule has 0 fully saturated rings. The van der Waals surface area contributed by atoms with E-state index in [9.17, 15) is 4.79 Å². The molecule has 0 atom stereocenters. The number of carbonyl (C=O) groups is 1. The molecule has 1 aromatic carbocycles. The molecule has 1 aromatic heterocycles. The molecule has 0 saturated carbocycles. The average Bonchev–Trinajstić information content (AvgIpc) is 2.62. The third kappa shape index (κ3) is 4.53. The fourth-order valence-electron chi connectivity index (χ4n) is 2.32. The van der Waals surface area contributed by atoms with Crippen LogP contribution in [0.15, 0.2) is 36.7 Å². The number of rotatable bonds is 7. The van der Waals surface area contributed by atoms with Crippen LogP contribution in [0, 0.1) is 11.3 Å². The van der Waals surface area contributed by atoms with Crippen LogP contribution in [0.4, 0.5) is 11.6 Å². The van der Waals surface area contributed by atoms with Gasteiger partial charge in [-0.1, -0.05) is 19.9 Å². The van der Waals surface area contributed by atoms with E-state index >= 15 is 0 Å². The van der Waals surface area contributed by atoms with E-state index < -0.39 is 0 Å². The molecule has 0 aliphatic heterocycles. The third-order valence-electron chi connectivity index (χ3n) is 3.42. The second-order valence-corrected chi connectivity index (χ2v) is 5.41. The van der Waals surface area contributed by atoms with Gasteiger partial charge >= 0.3 is 0 Å². The van der Waals surface area contributed by atoms with Gasteiger partial charge in [0.25, 0.3) is 5.91 Å². The average molecular weight is 323 g/mol. The van der Waals surface area contributed by atoms with Crippen molar-refractivity contribution in [3.05, 3.63) is 47.8 Å². The van der Waals surface area contributed by atoms with Crippen LogP contribution in [0.5, 0.6) is 0 Å². The summed E-state index contributed by atoms with van der Waals surface area (Å²) in [6, 6.07) is 8.81. The molecule has 0 spiro atoms. The minimum Gasteiger partial charge on any atom is -0.341 e. The molecule has 0 unspecified atom stereocenters. The van der Waals surface area contributed by atoms with E-state index in [2.05, 4.69) is 34.0 Å². The summed E-state index contributed by atoms with van der Waals surface area (Å²) in [5.74, 6) is 0.343. The molecule has 0 aliphatic carbocycles. The second kappa shape index (κ2) is 8.63. The quantitative estimate of drug-likeness (QED) is 0.846. The van der Waals surface area contributed by atoms with Crippen LogP contribution < -0.4 is 10.2 Å². The number of hydrogen-bond donors (Lipinski definition) is 1. The highest BCUT2D eigenvalue weighted by atomic mass is 16.1. The molecule has 1 amide bonds. The Hall–Kier alpha value is -2.94.